The molecule has 6 nitrogen and oxygen atoms in total. The van der Waals surface area contributed by atoms with Crippen LogP contribution in [0.15, 0.2) is 60.7 Å². The van der Waals surface area contributed by atoms with Gasteiger partial charge in [0.05, 0.1) is 26.4 Å². The summed E-state index contributed by atoms with van der Waals surface area (Å²) in [6.07, 6.45) is 2.52. The molecule has 6 atom stereocenters. The van der Waals surface area contributed by atoms with Gasteiger partial charge in [-0.2, -0.15) is 0 Å². The maximum absolute atomic E-state index is 5.93. The molecule has 4 saturated heterocycles. The van der Waals surface area contributed by atoms with Gasteiger partial charge >= 0.3 is 0 Å². The van der Waals surface area contributed by atoms with Crippen LogP contribution in [-0.4, -0.2) is 109 Å². The fraction of sp³-hybridized carbons (Fsp3) is 0.684. The molecule has 2 saturated carbocycles. The Hall–Kier alpha value is -1.80. The van der Waals surface area contributed by atoms with Crippen molar-refractivity contribution in [3.8, 4) is 0 Å². The molecule has 0 aromatic heterocycles. The Morgan fingerprint density at radius 2 is 0.909 bits per heavy atom. The van der Waals surface area contributed by atoms with E-state index < -0.39 is 0 Å². The number of rotatable bonds is 8. The molecule has 0 N–H and O–H groups in total. The highest BCUT2D eigenvalue weighted by molar-refractivity contribution is 5.38. The van der Waals surface area contributed by atoms with Crippen LogP contribution >= 0.6 is 0 Å². The van der Waals surface area contributed by atoms with Crippen LogP contribution in [0.2, 0.25) is 0 Å². The zero-order valence-corrected chi connectivity index (χ0v) is 27.6. The van der Waals surface area contributed by atoms with Crippen molar-refractivity contribution in [3.05, 3.63) is 71.8 Å². The van der Waals surface area contributed by atoms with Gasteiger partial charge in [-0.15, -0.1) is 0 Å². The van der Waals surface area contributed by atoms with Crippen molar-refractivity contribution in [1.82, 2.24) is 19.6 Å². The van der Waals surface area contributed by atoms with Gasteiger partial charge in [0.15, 0.2) is 0 Å². The fourth-order valence-corrected chi connectivity index (χ4v) is 12.1. The molecular formula is C38H54N4O2. The van der Waals surface area contributed by atoms with E-state index in [4.69, 9.17) is 9.47 Å². The topological polar surface area (TPSA) is 31.4 Å². The molecule has 0 amide bonds. The van der Waals surface area contributed by atoms with Gasteiger partial charge in [-0.3, -0.25) is 19.6 Å². The van der Waals surface area contributed by atoms with Crippen molar-refractivity contribution in [2.24, 2.45) is 21.7 Å². The van der Waals surface area contributed by atoms with E-state index >= 15 is 0 Å². The monoisotopic (exact) mass is 598 g/mol. The molecule has 4 heterocycles. The average molecular weight is 599 g/mol. The van der Waals surface area contributed by atoms with Crippen molar-refractivity contribution >= 4 is 0 Å². The zero-order valence-electron chi connectivity index (χ0n) is 27.6. The number of morpholine rings is 2. The number of nitrogens with zero attached hydrogens (tertiary/aromatic N) is 4. The number of likely N-dealkylation sites (tertiary alicyclic amines) is 2. The molecule has 4 aliphatic heterocycles. The van der Waals surface area contributed by atoms with Crippen molar-refractivity contribution < 1.29 is 9.47 Å². The summed E-state index contributed by atoms with van der Waals surface area (Å²) in [6, 6.07) is 24.9. The Labute approximate surface area is 265 Å². The smallest absolute Gasteiger partial charge is 0.0594 e. The number of hydrogen-bond acceptors (Lipinski definition) is 6. The van der Waals surface area contributed by atoms with Gasteiger partial charge in [0.2, 0.25) is 0 Å². The van der Waals surface area contributed by atoms with E-state index in [1.165, 1.54) is 37.1 Å². The first-order chi connectivity index (χ1) is 21.3. The molecule has 6 aliphatic rings. The lowest BCUT2D eigenvalue weighted by atomic mass is 9.35. The van der Waals surface area contributed by atoms with Gasteiger partial charge in [0.25, 0.3) is 0 Å². The Morgan fingerprint density at radius 1 is 0.545 bits per heavy atom. The van der Waals surface area contributed by atoms with E-state index in [2.05, 4.69) is 108 Å². The molecule has 0 spiro atoms. The van der Waals surface area contributed by atoms with Gasteiger partial charge < -0.3 is 9.47 Å². The SMILES string of the molecule is CC1(C)[C@H]2C[C@@H]3N(Cc4ccccc4)[C@@H]4C[C@H](N2Cc2ccccc2)[C@]1(CN1CCOCC1)[C@@]3(CN1CCOCC1)C4(C)C. The van der Waals surface area contributed by atoms with Crippen LogP contribution in [0.25, 0.3) is 0 Å². The quantitative estimate of drug-likeness (QED) is 0.426. The van der Waals surface area contributed by atoms with E-state index in [1.54, 1.807) is 0 Å². The molecule has 6 fully saturated rings. The van der Waals surface area contributed by atoms with Crippen LogP contribution in [0.3, 0.4) is 0 Å². The Morgan fingerprint density at radius 3 is 1.27 bits per heavy atom. The highest BCUT2D eigenvalue weighted by Crippen LogP contribution is 2.80. The Bertz CT molecular complexity index is 1210. The summed E-state index contributed by atoms with van der Waals surface area (Å²) >= 11 is 0. The average Bonchev–Trinajstić information content (AvgIpc) is 3.22. The molecule has 238 valence electrons. The van der Waals surface area contributed by atoms with Crippen molar-refractivity contribution in [1.29, 1.82) is 0 Å². The van der Waals surface area contributed by atoms with Crippen LogP contribution in [0.5, 0.6) is 0 Å². The van der Waals surface area contributed by atoms with Crippen molar-refractivity contribution in [2.45, 2.75) is 77.8 Å². The predicted octanol–water partition coefficient (Wildman–Crippen LogP) is 4.99. The lowest BCUT2D eigenvalue weighted by molar-refractivity contribution is -0.201. The van der Waals surface area contributed by atoms with Crippen LogP contribution in [0.1, 0.15) is 51.7 Å². The minimum atomic E-state index is 0.156. The minimum Gasteiger partial charge on any atom is -0.379 e. The first-order valence-electron chi connectivity index (χ1n) is 17.5. The third kappa shape index (κ3) is 4.07. The molecule has 44 heavy (non-hydrogen) atoms. The van der Waals surface area contributed by atoms with E-state index in [-0.39, 0.29) is 21.7 Å². The largest absolute Gasteiger partial charge is 0.379 e. The third-order valence-corrected chi connectivity index (χ3v) is 14.0. The number of benzene rings is 2. The van der Waals surface area contributed by atoms with Crippen LogP contribution in [0.4, 0.5) is 0 Å². The number of fused-ring (bicyclic) bond motifs is 2. The van der Waals surface area contributed by atoms with Crippen LogP contribution in [0, 0.1) is 21.7 Å². The lowest BCUT2D eigenvalue weighted by Crippen LogP contribution is -2.75. The summed E-state index contributed by atoms with van der Waals surface area (Å²) in [5.74, 6) is 0. The van der Waals surface area contributed by atoms with Crippen molar-refractivity contribution in [3.63, 3.8) is 0 Å². The van der Waals surface area contributed by atoms with E-state index in [9.17, 15) is 0 Å². The van der Waals surface area contributed by atoms with Crippen molar-refractivity contribution in [2.75, 3.05) is 65.7 Å². The fourth-order valence-electron chi connectivity index (χ4n) is 12.1. The summed E-state index contributed by atoms with van der Waals surface area (Å²) < 4.78 is 11.9. The summed E-state index contributed by atoms with van der Waals surface area (Å²) in [4.78, 5) is 11.7. The third-order valence-electron chi connectivity index (χ3n) is 14.0. The highest BCUT2D eigenvalue weighted by atomic mass is 16.5. The second kappa shape index (κ2) is 10.9. The first kappa shape index (κ1) is 29.6. The second-order valence-electron chi connectivity index (χ2n) is 16.0. The van der Waals surface area contributed by atoms with E-state index in [1.807, 2.05) is 0 Å². The molecule has 4 bridgehead atoms. The molecule has 2 aliphatic carbocycles. The van der Waals surface area contributed by atoms with Gasteiger partial charge in [0, 0.05) is 87.4 Å². The van der Waals surface area contributed by atoms with Gasteiger partial charge in [-0.25, -0.2) is 0 Å². The molecule has 6 heteroatoms. The first-order valence-corrected chi connectivity index (χ1v) is 17.5. The standard InChI is InChI=1S/C38H54N4O2/c1-35(2)31-23-34-38(28-40-17-21-44-22-18-40)36(3,4)32(42(34)26-30-13-9-6-10-14-30)24-33(41(31)25-29-11-7-5-8-12-29)37(35,38)27-39-15-19-43-20-16-39/h5-14,31-34H,15-28H2,1-4H3/t31-,32-,33+,34+,37-,38+/m1/s1. The summed E-state index contributed by atoms with van der Waals surface area (Å²) in [6.45, 7) is 23.0. The Kier molecular flexibility index (Phi) is 7.32. The lowest BCUT2D eigenvalue weighted by Gasteiger charge is -2.69. The number of hydrogen-bond donors (Lipinski definition) is 0. The van der Waals surface area contributed by atoms with Crippen LogP contribution < -0.4 is 0 Å². The summed E-state index contributed by atoms with van der Waals surface area (Å²) in [5, 5.41) is 0. The minimum absolute atomic E-state index is 0.156. The van der Waals surface area contributed by atoms with Crippen LogP contribution in [-0.2, 0) is 22.6 Å². The summed E-state index contributed by atoms with van der Waals surface area (Å²) in [5.41, 5.74) is 3.61. The molecular weight excluding hydrogens is 544 g/mol. The van der Waals surface area contributed by atoms with Gasteiger partial charge in [0.1, 0.15) is 0 Å². The molecule has 2 aromatic rings. The second-order valence-corrected chi connectivity index (χ2v) is 16.0. The van der Waals surface area contributed by atoms with Gasteiger partial charge in [-0.1, -0.05) is 88.4 Å². The zero-order chi connectivity index (χ0) is 30.2. The Balaban J connectivity index is 1.31. The normalized spacial score (nSPS) is 38.4. The van der Waals surface area contributed by atoms with E-state index in [0.717, 1.165) is 65.7 Å². The predicted molar refractivity (Wildman–Crippen MR) is 175 cm³/mol. The van der Waals surface area contributed by atoms with Gasteiger partial charge in [-0.05, 0) is 34.8 Å². The number of ether oxygens (including phenoxy) is 2. The molecule has 0 unspecified atom stereocenters. The maximum Gasteiger partial charge on any atom is 0.0594 e. The maximum atomic E-state index is 5.93. The summed E-state index contributed by atoms with van der Waals surface area (Å²) in [7, 11) is 0. The highest BCUT2D eigenvalue weighted by Gasteiger charge is 2.85. The molecule has 8 rings (SSSR count). The molecule has 2 aromatic carbocycles. The molecule has 0 radical (unpaired) electrons. The van der Waals surface area contributed by atoms with E-state index in [0.29, 0.717) is 24.2 Å².